The normalized spacial score (nSPS) is 14.2. The first-order valence-corrected chi connectivity index (χ1v) is 14.2. The van der Waals surface area contributed by atoms with Gasteiger partial charge in [-0.2, -0.15) is 0 Å². The van der Waals surface area contributed by atoms with Crippen LogP contribution in [0.15, 0.2) is 70.8 Å². The number of thiocarbonyl (C=S) groups is 1. The summed E-state index contributed by atoms with van der Waals surface area (Å²) in [6, 6.07) is 18.6. The molecule has 1 heterocycles. The minimum absolute atomic E-state index is 0.190. The Kier molecular flexibility index (Phi) is 9.84. The van der Waals surface area contributed by atoms with E-state index in [1.807, 2.05) is 55.5 Å². The number of carbonyl (C=O) groups is 2. The summed E-state index contributed by atoms with van der Waals surface area (Å²) in [5.74, 6) is 0.103. The zero-order valence-corrected chi connectivity index (χ0v) is 25.4. The Bertz CT molecular complexity index is 1460. The van der Waals surface area contributed by atoms with Crippen LogP contribution in [0.2, 0.25) is 5.02 Å². The van der Waals surface area contributed by atoms with E-state index in [4.69, 9.17) is 38.0 Å². The molecule has 0 radical (unpaired) electrons. The SMILES string of the molecule is CCOc1cc(/C=C2/C(=O)N(c3ccc(CC)cc3)C(=S)N2CC(=O)OC)cc(Br)c1OCc1ccccc1Cl. The molecule has 0 bridgehead atoms. The lowest BCUT2D eigenvalue weighted by Crippen LogP contribution is -2.35. The van der Waals surface area contributed by atoms with Crippen molar-refractivity contribution in [1.82, 2.24) is 4.90 Å². The summed E-state index contributed by atoms with van der Waals surface area (Å²) in [6.45, 7) is 4.35. The average molecular weight is 644 g/mol. The summed E-state index contributed by atoms with van der Waals surface area (Å²) in [6.07, 6.45) is 2.54. The number of hydrogen-bond acceptors (Lipinski definition) is 6. The summed E-state index contributed by atoms with van der Waals surface area (Å²) in [7, 11) is 1.29. The molecule has 0 aromatic heterocycles. The van der Waals surface area contributed by atoms with Crippen molar-refractivity contribution in [3.8, 4) is 11.5 Å². The zero-order valence-electron chi connectivity index (χ0n) is 22.3. The number of benzene rings is 3. The van der Waals surface area contributed by atoms with E-state index in [2.05, 4.69) is 22.9 Å². The fourth-order valence-corrected chi connectivity index (χ4v) is 5.25. The largest absolute Gasteiger partial charge is 0.490 e. The van der Waals surface area contributed by atoms with Crippen LogP contribution in [0.1, 0.15) is 30.5 Å². The van der Waals surface area contributed by atoms with Crippen molar-refractivity contribution in [2.24, 2.45) is 0 Å². The van der Waals surface area contributed by atoms with E-state index in [9.17, 15) is 9.59 Å². The van der Waals surface area contributed by atoms with Crippen molar-refractivity contribution in [2.45, 2.75) is 26.9 Å². The van der Waals surface area contributed by atoms with Crippen LogP contribution in [-0.4, -0.2) is 42.2 Å². The quantitative estimate of drug-likeness (QED) is 0.137. The summed E-state index contributed by atoms with van der Waals surface area (Å²) in [5, 5.41) is 0.794. The van der Waals surface area contributed by atoms with Crippen molar-refractivity contribution < 1.29 is 23.8 Å². The average Bonchev–Trinajstić information content (AvgIpc) is 3.17. The van der Waals surface area contributed by atoms with Crippen molar-refractivity contribution in [2.75, 3.05) is 25.2 Å². The molecule has 0 N–H and O–H groups in total. The third-order valence-corrected chi connectivity index (χ3v) is 7.58. The molecule has 0 atom stereocenters. The molecule has 7 nitrogen and oxygen atoms in total. The van der Waals surface area contributed by atoms with Gasteiger partial charge in [0.05, 0.1) is 23.9 Å². The van der Waals surface area contributed by atoms with Gasteiger partial charge in [-0.3, -0.25) is 14.5 Å². The molecule has 3 aromatic carbocycles. The molecule has 40 heavy (non-hydrogen) atoms. The fourth-order valence-electron chi connectivity index (χ4n) is 4.13. The van der Waals surface area contributed by atoms with E-state index >= 15 is 0 Å². The van der Waals surface area contributed by atoms with Crippen LogP contribution >= 0.6 is 39.7 Å². The monoisotopic (exact) mass is 642 g/mol. The number of nitrogens with zero attached hydrogens (tertiary/aromatic N) is 2. The van der Waals surface area contributed by atoms with Crippen LogP contribution < -0.4 is 14.4 Å². The van der Waals surface area contributed by atoms with E-state index in [0.717, 1.165) is 17.5 Å². The number of anilines is 1. The standard InChI is InChI=1S/C30H28BrClN2O5S/c1-4-19-10-12-22(13-11-19)34-29(36)25(33(30(34)40)17-27(35)37-3)15-20-14-23(31)28(26(16-20)38-5-2)39-18-21-8-6-7-9-24(21)32/h6-16H,4-5,17-18H2,1-3H3/b25-15-. The van der Waals surface area contributed by atoms with E-state index in [0.29, 0.717) is 38.9 Å². The number of ether oxygens (including phenoxy) is 3. The van der Waals surface area contributed by atoms with Gasteiger partial charge in [-0.25, -0.2) is 0 Å². The van der Waals surface area contributed by atoms with Gasteiger partial charge in [-0.15, -0.1) is 0 Å². The van der Waals surface area contributed by atoms with Crippen molar-refractivity contribution in [1.29, 1.82) is 0 Å². The smallest absolute Gasteiger partial charge is 0.325 e. The van der Waals surface area contributed by atoms with E-state index < -0.39 is 5.97 Å². The van der Waals surface area contributed by atoms with Gasteiger partial charge >= 0.3 is 5.97 Å². The Morgan fingerprint density at radius 1 is 1.07 bits per heavy atom. The van der Waals surface area contributed by atoms with Gasteiger partial charge in [0.25, 0.3) is 5.91 Å². The van der Waals surface area contributed by atoms with Gasteiger partial charge in [0.2, 0.25) is 0 Å². The maximum Gasteiger partial charge on any atom is 0.325 e. The number of methoxy groups -OCH3 is 1. The van der Waals surface area contributed by atoms with Crippen LogP contribution in [0.4, 0.5) is 5.69 Å². The molecule has 3 aromatic rings. The molecular formula is C30H28BrClN2O5S. The van der Waals surface area contributed by atoms with Crippen LogP contribution in [0, 0.1) is 0 Å². The highest BCUT2D eigenvalue weighted by atomic mass is 79.9. The molecular weight excluding hydrogens is 616 g/mol. The predicted octanol–water partition coefficient (Wildman–Crippen LogP) is 6.79. The highest BCUT2D eigenvalue weighted by Crippen LogP contribution is 2.39. The van der Waals surface area contributed by atoms with E-state index in [1.165, 1.54) is 16.9 Å². The first kappa shape index (κ1) is 29.6. The van der Waals surface area contributed by atoms with Gasteiger partial charge in [-0.05, 0) is 89.0 Å². The maximum atomic E-state index is 13.7. The minimum Gasteiger partial charge on any atom is -0.490 e. The summed E-state index contributed by atoms with van der Waals surface area (Å²) in [4.78, 5) is 28.9. The molecule has 0 spiro atoms. The van der Waals surface area contributed by atoms with Gasteiger partial charge in [0, 0.05) is 10.6 Å². The highest BCUT2D eigenvalue weighted by molar-refractivity contribution is 9.10. The number of halogens is 2. The molecule has 0 unspecified atom stereocenters. The Hall–Kier alpha value is -3.40. The van der Waals surface area contributed by atoms with Crippen LogP contribution in [-0.2, 0) is 27.4 Å². The third kappa shape index (κ3) is 6.49. The number of aryl methyl sites for hydroxylation is 1. The lowest BCUT2D eigenvalue weighted by atomic mass is 10.1. The second kappa shape index (κ2) is 13.3. The number of rotatable bonds is 10. The van der Waals surface area contributed by atoms with Crippen LogP contribution in [0.3, 0.4) is 0 Å². The second-order valence-electron chi connectivity index (χ2n) is 8.78. The molecule has 0 saturated carbocycles. The Balaban J connectivity index is 1.71. The van der Waals surface area contributed by atoms with Gasteiger partial charge in [0.15, 0.2) is 16.6 Å². The molecule has 0 aliphatic carbocycles. The first-order valence-electron chi connectivity index (χ1n) is 12.6. The lowest BCUT2D eigenvalue weighted by Gasteiger charge is -2.19. The lowest BCUT2D eigenvalue weighted by molar-refractivity contribution is -0.140. The second-order valence-corrected chi connectivity index (χ2v) is 10.4. The number of esters is 1. The van der Waals surface area contributed by atoms with Gasteiger partial charge in [-0.1, -0.05) is 48.9 Å². The minimum atomic E-state index is -0.524. The Morgan fingerprint density at radius 3 is 2.45 bits per heavy atom. The topological polar surface area (TPSA) is 68.3 Å². The van der Waals surface area contributed by atoms with Crippen molar-refractivity contribution in [3.05, 3.63) is 92.5 Å². The maximum absolute atomic E-state index is 13.7. The van der Waals surface area contributed by atoms with Gasteiger partial charge in [0.1, 0.15) is 18.8 Å². The molecule has 1 saturated heterocycles. The fraction of sp³-hybridized carbons (Fsp3) is 0.233. The van der Waals surface area contributed by atoms with E-state index in [-0.39, 0.29) is 29.9 Å². The summed E-state index contributed by atoms with van der Waals surface area (Å²) in [5.41, 5.74) is 3.46. The van der Waals surface area contributed by atoms with Crippen LogP contribution in [0.25, 0.3) is 6.08 Å². The molecule has 4 rings (SSSR count). The zero-order chi connectivity index (χ0) is 28.8. The van der Waals surface area contributed by atoms with Crippen LogP contribution in [0.5, 0.6) is 11.5 Å². The summed E-state index contributed by atoms with van der Waals surface area (Å²) < 4.78 is 17.5. The third-order valence-electron chi connectivity index (χ3n) is 6.22. The molecule has 1 amide bonds. The Labute approximate surface area is 252 Å². The number of carbonyl (C=O) groups excluding carboxylic acids is 2. The van der Waals surface area contributed by atoms with Gasteiger partial charge < -0.3 is 19.1 Å². The Morgan fingerprint density at radius 2 is 1.80 bits per heavy atom. The first-order chi connectivity index (χ1) is 19.3. The number of amides is 1. The molecule has 1 aliphatic heterocycles. The molecule has 1 aliphatic rings. The van der Waals surface area contributed by atoms with Crippen molar-refractivity contribution in [3.63, 3.8) is 0 Å². The molecule has 1 fully saturated rings. The summed E-state index contributed by atoms with van der Waals surface area (Å²) >= 11 is 15.5. The van der Waals surface area contributed by atoms with E-state index in [1.54, 1.807) is 18.2 Å². The predicted molar refractivity (Wildman–Crippen MR) is 164 cm³/mol. The highest BCUT2D eigenvalue weighted by Gasteiger charge is 2.40. The van der Waals surface area contributed by atoms with Crippen molar-refractivity contribution >= 4 is 68.5 Å². The molecule has 208 valence electrons. The molecule has 10 heteroatoms. The number of hydrogen-bond donors (Lipinski definition) is 0.